The summed E-state index contributed by atoms with van der Waals surface area (Å²) in [5.41, 5.74) is 2.12. The van der Waals surface area contributed by atoms with Crippen molar-refractivity contribution in [1.29, 1.82) is 0 Å². The highest BCUT2D eigenvalue weighted by Gasteiger charge is 2.35. The molecule has 3 amide bonds. The first-order valence-corrected chi connectivity index (χ1v) is 6.98. The summed E-state index contributed by atoms with van der Waals surface area (Å²) >= 11 is 2.27. The Morgan fingerprint density at radius 3 is 2.84 bits per heavy atom. The smallest absolute Gasteiger partial charge is 0.324 e. The molecular formula is C13H12IN3O2. The fourth-order valence-corrected chi connectivity index (χ4v) is 3.00. The highest BCUT2D eigenvalue weighted by molar-refractivity contribution is 14.1. The zero-order valence-corrected chi connectivity index (χ0v) is 12.4. The SMILES string of the molecule is CN1C(=O)NC(Cc2c[nH]c3c(I)cccc23)C1=O. The molecular weight excluding hydrogens is 357 g/mol. The normalized spacial score (nSPS) is 19.3. The molecule has 2 N–H and O–H groups in total. The van der Waals surface area contributed by atoms with E-state index in [0.29, 0.717) is 6.42 Å². The van der Waals surface area contributed by atoms with E-state index in [-0.39, 0.29) is 11.9 Å². The topological polar surface area (TPSA) is 65.2 Å². The summed E-state index contributed by atoms with van der Waals surface area (Å²) in [5, 5.41) is 3.79. The van der Waals surface area contributed by atoms with E-state index in [4.69, 9.17) is 0 Å². The van der Waals surface area contributed by atoms with Crippen LogP contribution in [0.4, 0.5) is 4.79 Å². The van der Waals surface area contributed by atoms with Crippen molar-refractivity contribution in [3.05, 3.63) is 33.5 Å². The van der Waals surface area contributed by atoms with E-state index in [2.05, 4.69) is 32.9 Å². The number of halogens is 1. The van der Waals surface area contributed by atoms with E-state index in [1.165, 1.54) is 7.05 Å². The van der Waals surface area contributed by atoms with Crippen LogP contribution in [0.2, 0.25) is 0 Å². The van der Waals surface area contributed by atoms with Crippen molar-refractivity contribution in [2.45, 2.75) is 12.5 Å². The van der Waals surface area contributed by atoms with Gasteiger partial charge in [0.1, 0.15) is 6.04 Å². The lowest BCUT2D eigenvalue weighted by atomic mass is 10.1. The Balaban J connectivity index is 1.93. The summed E-state index contributed by atoms with van der Waals surface area (Å²) in [4.78, 5) is 27.7. The van der Waals surface area contributed by atoms with Crippen LogP contribution in [0.25, 0.3) is 10.9 Å². The van der Waals surface area contributed by atoms with Crippen LogP contribution in [-0.4, -0.2) is 34.9 Å². The average molecular weight is 369 g/mol. The molecule has 1 unspecified atom stereocenters. The van der Waals surface area contributed by atoms with Crippen molar-refractivity contribution in [2.24, 2.45) is 0 Å². The Kier molecular flexibility index (Phi) is 2.96. The number of nitrogens with zero attached hydrogens (tertiary/aromatic N) is 1. The zero-order valence-electron chi connectivity index (χ0n) is 10.2. The molecule has 2 aromatic rings. The molecule has 0 spiro atoms. The van der Waals surface area contributed by atoms with Gasteiger partial charge in [-0.15, -0.1) is 0 Å². The van der Waals surface area contributed by atoms with Crippen molar-refractivity contribution < 1.29 is 9.59 Å². The molecule has 1 saturated heterocycles. The monoisotopic (exact) mass is 369 g/mol. The van der Waals surface area contributed by atoms with Gasteiger partial charge in [-0.1, -0.05) is 12.1 Å². The lowest BCUT2D eigenvalue weighted by Crippen LogP contribution is -2.31. The van der Waals surface area contributed by atoms with Gasteiger partial charge < -0.3 is 10.3 Å². The van der Waals surface area contributed by atoms with E-state index in [1.807, 2.05) is 24.4 Å². The van der Waals surface area contributed by atoms with Gasteiger partial charge >= 0.3 is 6.03 Å². The predicted octanol–water partition coefficient (Wildman–Crippen LogP) is 1.87. The molecule has 0 radical (unpaired) electrons. The van der Waals surface area contributed by atoms with E-state index in [9.17, 15) is 9.59 Å². The minimum Gasteiger partial charge on any atom is -0.360 e. The number of carbonyl (C=O) groups is 2. The highest BCUT2D eigenvalue weighted by atomic mass is 127. The summed E-state index contributed by atoms with van der Waals surface area (Å²) in [6, 6.07) is 5.25. The van der Waals surface area contributed by atoms with Gasteiger partial charge in [-0.3, -0.25) is 9.69 Å². The lowest BCUT2D eigenvalue weighted by molar-refractivity contribution is -0.126. The van der Waals surface area contributed by atoms with Crippen molar-refractivity contribution in [3.63, 3.8) is 0 Å². The van der Waals surface area contributed by atoms with Crippen LogP contribution in [0.5, 0.6) is 0 Å². The van der Waals surface area contributed by atoms with Gasteiger partial charge in [0.2, 0.25) is 0 Å². The molecule has 3 rings (SSSR count). The highest BCUT2D eigenvalue weighted by Crippen LogP contribution is 2.24. The molecule has 1 fully saturated rings. The second-order valence-corrected chi connectivity index (χ2v) is 5.74. The summed E-state index contributed by atoms with van der Waals surface area (Å²) in [5.74, 6) is -0.176. The van der Waals surface area contributed by atoms with Crippen LogP contribution in [0.15, 0.2) is 24.4 Å². The number of fused-ring (bicyclic) bond motifs is 1. The number of para-hydroxylation sites is 1. The number of hydrogen-bond acceptors (Lipinski definition) is 2. The molecule has 5 nitrogen and oxygen atoms in total. The molecule has 1 aliphatic rings. The fourth-order valence-electron chi connectivity index (χ4n) is 2.34. The third-order valence-corrected chi connectivity index (χ3v) is 4.30. The number of urea groups is 1. The van der Waals surface area contributed by atoms with Gasteiger partial charge in [0, 0.05) is 28.6 Å². The number of carbonyl (C=O) groups excluding carboxylic acids is 2. The number of benzene rings is 1. The van der Waals surface area contributed by atoms with E-state index >= 15 is 0 Å². The van der Waals surface area contributed by atoms with Gasteiger partial charge in [0.15, 0.2) is 0 Å². The number of likely N-dealkylation sites (N-methyl/N-ethyl adjacent to an activating group) is 1. The Morgan fingerprint density at radius 1 is 1.37 bits per heavy atom. The predicted molar refractivity (Wildman–Crippen MR) is 79.8 cm³/mol. The van der Waals surface area contributed by atoms with E-state index in [0.717, 1.165) is 24.9 Å². The maximum absolute atomic E-state index is 11.9. The maximum atomic E-state index is 11.9. The molecule has 1 aromatic carbocycles. The van der Waals surface area contributed by atoms with Crippen molar-refractivity contribution in [2.75, 3.05) is 7.05 Å². The Hall–Kier alpha value is -1.57. The number of aromatic nitrogens is 1. The number of amides is 3. The molecule has 6 heteroatoms. The van der Waals surface area contributed by atoms with Crippen LogP contribution in [0.3, 0.4) is 0 Å². The van der Waals surface area contributed by atoms with Gasteiger partial charge in [-0.2, -0.15) is 0 Å². The standard InChI is InChI=1S/C13H12IN3O2/c1-17-12(18)10(16-13(17)19)5-7-6-15-11-8(7)3-2-4-9(11)14/h2-4,6,10,15H,5H2,1H3,(H,16,19). The van der Waals surface area contributed by atoms with Gasteiger partial charge in [0.25, 0.3) is 5.91 Å². The van der Waals surface area contributed by atoms with Crippen molar-refractivity contribution in [3.8, 4) is 0 Å². The molecule has 98 valence electrons. The molecule has 0 saturated carbocycles. The van der Waals surface area contributed by atoms with Gasteiger partial charge in [-0.25, -0.2) is 4.79 Å². The molecule has 2 heterocycles. The number of H-pyrrole nitrogens is 1. The van der Waals surface area contributed by atoms with Gasteiger partial charge in [0.05, 0.1) is 5.52 Å². The number of rotatable bonds is 2. The first-order valence-electron chi connectivity index (χ1n) is 5.90. The minimum absolute atomic E-state index is 0.176. The molecule has 1 aliphatic heterocycles. The summed E-state index contributed by atoms with van der Waals surface area (Å²) in [7, 11) is 1.50. The number of aromatic amines is 1. The van der Waals surface area contributed by atoms with Crippen molar-refractivity contribution >= 4 is 45.4 Å². The number of imide groups is 1. The second-order valence-electron chi connectivity index (χ2n) is 4.58. The van der Waals surface area contributed by atoms with Crippen LogP contribution < -0.4 is 5.32 Å². The quantitative estimate of drug-likeness (QED) is 0.627. The van der Waals surface area contributed by atoms with Crippen molar-refractivity contribution in [1.82, 2.24) is 15.2 Å². The van der Waals surface area contributed by atoms with Gasteiger partial charge in [-0.05, 0) is 34.2 Å². The van der Waals surface area contributed by atoms with Crippen LogP contribution in [0.1, 0.15) is 5.56 Å². The van der Waals surface area contributed by atoms with Crippen LogP contribution >= 0.6 is 22.6 Å². The third-order valence-electron chi connectivity index (χ3n) is 3.41. The van der Waals surface area contributed by atoms with Crippen LogP contribution in [-0.2, 0) is 11.2 Å². The summed E-state index contributed by atoms with van der Waals surface area (Å²) in [6.45, 7) is 0. The fraction of sp³-hybridized carbons (Fsp3) is 0.231. The lowest BCUT2D eigenvalue weighted by Gasteiger charge is -2.07. The molecule has 0 aliphatic carbocycles. The second kappa shape index (κ2) is 4.52. The maximum Gasteiger partial charge on any atom is 0.324 e. The summed E-state index contributed by atoms with van der Waals surface area (Å²) < 4.78 is 1.14. The van der Waals surface area contributed by atoms with Crippen LogP contribution in [0, 0.1) is 3.57 Å². The number of nitrogens with one attached hydrogen (secondary N) is 2. The minimum atomic E-state index is -0.464. The number of hydrogen-bond donors (Lipinski definition) is 2. The first-order chi connectivity index (χ1) is 9.08. The molecule has 0 bridgehead atoms. The largest absolute Gasteiger partial charge is 0.360 e. The van der Waals surface area contributed by atoms with E-state index in [1.54, 1.807) is 0 Å². The van der Waals surface area contributed by atoms with E-state index < -0.39 is 6.04 Å². The molecule has 1 atom stereocenters. The molecule has 19 heavy (non-hydrogen) atoms. The Labute approximate surface area is 123 Å². The zero-order chi connectivity index (χ0) is 13.6. The summed E-state index contributed by atoms with van der Waals surface area (Å²) in [6.07, 6.45) is 2.42. The molecule has 1 aromatic heterocycles. The Morgan fingerprint density at radius 2 is 2.16 bits per heavy atom. The Bertz CT molecular complexity index is 680. The average Bonchev–Trinajstić information content (AvgIpc) is 2.90. The first kappa shape index (κ1) is 12.5. The third kappa shape index (κ3) is 1.99.